The lowest BCUT2D eigenvalue weighted by Gasteiger charge is -2.39. The summed E-state index contributed by atoms with van der Waals surface area (Å²) in [7, 11) is 2.17. The van der Waals surface area contributed by atoms with Gasteiger partial charge in [-0.3, -0.25) is 0 Å². The SMILES string of the molecule is CC(C)CNC(=S)N1CCN(C)CC1C. The van der Waals surface area contributed by atoms with Crippen LogP contribution in [0.3, 0.4) is 0 Å². The van der Waals surface area contributed by atoms with Crippen molar-refractivity contribution in [1.82, 2.24) is 15.1 Å². The molecule has 0 amide bonds. The van der Waals surface area contributed by atoms with E-state index in [4.69, 9.17) is 12.2 Å². The molecular formula is C11H23N3S. The minimum Gasteiger partial charge on any atom is -0.362 e. The van der Waals surface area contributed by atoms with Gasteiger partial charge in [0.1, 0.15) is 0 Å². The van der Waals surface area contributed by atoms with Crippen molar-refractivity contribution in [1.29, 1.82) is 0 Å². The Bertz CT molecular complexity index is 218. The fraction of sp³-hybridized carbons (Fsp3) is 0.909. The molecule has 1 aliphatic rings. The largest absolute Gasteiger partial charge is 0.362 e. The van der Waals surface area contributed by atoms with E-state index in [9.17, 15) is 0 Å². The van der Waals surface area contributed by atoms with Gasteiger partial charge in [-0.2, -0.15) is 0 Å². The van der Waals surface area contributed by atoms with E-state index in [0.717, 1.165) is 31.3 Å². The number of rotatable bonds is 2. The Kier molecular flexibility index (Phi) is 4.80. The summed E-state index contributed by atoms with van der Waals surface area (Å²) in [6, 6.07) is 0.524. The van der Waals surface area contributed by atoms with Crippen LogP contribution < -0.4 is 5.32 Å². The van der Waals surface area contributed by atoms with Crippen molar-refractivity contribution >= 4 is 17.3 Å². The number of piperazine rings is 1. The van der Waals surface area contributed by atoms with Crippen molar-refractivity contribution in [2.24, 2.45) is 5.92 Å². The predicted octanol–water partition coefficient (Wildman–Crippen LogP) is 1.15. The average Bonchev–Trinajstić information content (AvgIpc) is 2.14. The molecule has 1 fully saturated rings. The van der Waals surface area contributed by atoms with Gasteiger partial charge in [0.05, 0.1) is 0 Å². The molecule has 0 aromatic carbocycles. The summed E-state index contributed by atoms with van der Waals surface area (Å²) in [5.41, 5.74) is 0. The molecule has 4 heteroatoms. The zero-order valence-electron chi connectivity index (χ0n) is 10.3. The number of nitrogens with zero attached hydrogens (tertiary/aromatic N) is 2. The van der Waals surface area contributed by atoms with Gasteiger partial charge in [-0.05, 0) is 32.1 Å². The van der Waals surface area contributed by atoms with Crippen LogP contribution in [0.4, 0.5) is 0 Å². The maximum atomic E-state index is 5.40. The molecule has 0 spiro atoms. The summed E-state index contributed by atoms with van der Waals surface area (Å²) in [6.07, 6.45) is 0. The molecule has 0 aromatic heterocycles. The van der Waals surface area contributed by atoms with Crippen LogP contribution in [0, 0.1) is 5.92 Å². The topological polar surface area (TPSA) is 18.5 Å². The Balaban J connectivity index is 2.38. The number of nitrogens with one attached hydrogen (secondary N) is 1. The second kappa shape index (κ2) is 5.66. The van der Waals surface area contributed by atoms with Crippen LogP contribution in [-0.4, -0.2) is 54.2 Å². The van der Waals surface area contributed by atoms with Crippen LogP contribution >= 0.6 is 12.2 Å². The first-order chi connectivity index (χ1) is 7.00. The molecule has 1 aliphatic heterocycles. The van der Waals surface area contributed by atoms with Gasteiger partial charge < -0.3 is 15.1 Å². The lowest BCUT2D eigenvalue weighted by Crippen LogP contribution is -2.55. The molecule has 15 heavy (non-hydrogen) atoms. The Hall–Kier alpha value is -0.350. The first-order valence-electron chi connectivity index (χ1n) is 5.73. The highest BCUT2D eigenvalue weighted by atomic mass is 32.1. The van der Waals surface area contributed by atoms with Gasteiger partial charge in [-0.1, -0.05) is 13.8 Å². The van der Waals surface area contributed by atoms with Crippen molar-refractivity contribution in [3.63, 3.8) is 0 Å². The molecule has 0 aliphatic carbocycles. The summed E-state index contributed by atoms with van der Waals surface area (Å²) < 4.78 is 0. The molecule has 3 nitrogen and oxygen atoms in total. The van der Waals surface area contributed by atoms with Gasteiger partial charge in [0.2, 0.25) is 0 Å². The van der Waals surface area contributed by atoms with Crippen molar-refractivity contribution in [3.8, 4) is 0 Å². The summed E-state index contributed by atoms with van der Waals surface area (Å²) in [5.74, 6) is 0.644. The van der Waals surface area contributed by atoms with E-state index in [1.807, 2.05) is 0 Å². The minimum absolute atomic E-state index is 0.524. The van der Waals surface area contributed by atoms with Gasteiger partial charge in [-0.15, -0.1) is 0 Å². The normalized spacial score (nSPS) is 23.3. The minimum atomic E-state index is 0.524. The smallest absolute Gasteiger partial charge is 0.169 e. The van der Waals surface area contributed by atoms with Gasteiger partial charge in [-0.25, -0.2) is 0 Å². The molecule has 0 saturated carbocycles. The zero-order chi connectivity index (χ0) is 11.4. The monoisotopic (exact) mass is 229 g/mol. The quantitative estimate of drug-likeness (QED) is 0.716. The maximum Gasteiger partial charge on any atom is 0.169 e. The molecule has 1 unspecified atom stereocenters. The van der Waals surface area contributed by atoms with Crippen molar-refractivity contribution in [3.05, 3.63) is 0 Å². The molecule has 1 rings (SSSR count). The molecule has 1 saturated heterocycles. The van der Waals surface area contributed by atoms with Gasteiger partial charge in [0.25, 0.3) is 0 Å². The third-order valence-corrected chi connectivity index (χ3v) is 3.13. The zero-order valence-corrected chi connectivity index (χ0v) is 11.1. The van der Waals surface area contributed by atoms with Gasteiger partial charge in [0, 0.05) is 32.2 Å². The number of likely N-dealkylation sites (N-methyl/N-ethyl adjacent to an activating group) is 1. The summed E-state index contributed by atoms with van der Waals surface area (Å²) in [5, 5.41) is 4.26. The molecule has 1 atom stereocenters. The number of hydrogen-bond donors (Lipinski definition) is 1. The van der Waals surface area contributed by atoms with E-state index in [1.165, 1.54) is 0 Å². The fourth-order valence-electron chi connectivity index (χ4n) is 1.83. The molecule has 88 valence electrons. The fourth-order valence-corrected chi connectivity index (χ4v) is 2.19. The second-order valence-electron chi connectivity index (χ2n) is 4.88. The molecular weight excluding hydrogens is 206 g/mol. The van der Waals surface area contributed by atoms with Gasteiger partial charge in [0.15, 0.2) is 5.11 Å². The highest BCUT2D eigenvalue weighted by Gasteiger charge is 2.23. The third-order valence-electron chi connectivity index (χ3n) is 2.75. The van der Waals surface area contributed by atoms with Crippen molar-refractivity contribution in [2.45, 2.75) is 26.8 Å². The van der Waals surface area contributed by atoms with E-state index in [-0.39, 0.29) is 0 Å². The summed E-state index contributed by atoms with van der Waals surface area (Å²) in [4.78, 5) is 4.66. The van der Waals surface area contributed by atoms with E-state index in [0.29, 0.717) is 12.0 Å². The Morgan fingerprint density at radius 1 is 1.47 bits per heavy atom. The Morgan fingerprint density at radius 2 is 2.13 bits per heavy atom. The van der Waals surface area contributed by atoms with E-state index >= 15 is 0 Å². The molecule has 0 bridgehead atoms. The lowest BCUT2D eigenvalue weighted by atomic mass is 10.2. The highest BCUT2D eigenvalue weighted by molar-refractivity contribution is 7.80. The highest BCUT2D eigenvalue weighted by Crippen LogP contribution is 2.08. The van der Waals surface area contributed by atoms with E-state index in [1.54, 1.807) is 0 Å². The summed E-state index contributed by atoms with van der Waals surface area (Å²) >= 11 is 5.40. The van der Waals surface area contributed by atoms with Crippen LogP contribution in [0.15, 0.2) is 0 Å². The Labute approximate surface area is 98.8 Å². The lowest BCUT2D eigenvalue weighted by molar-refractivity contribution is 0.160. The average molecular weight is 229 g/mol. The molecule has 1 N–H and O–H groups in total. The molecule has 0 aromatic rings. The van der Waals surface area contributed by atoms with Crippen LogP contribution in [-0.2, 0) is 0 Å². The standard InChI is InChI=1S/C11H23N3S/c1-9(2)7-12-11(15)14-6-5-13(4)8-10(14)3/h9-10H,5-8H2,1-4H3,(H,12,15). The molecule has 0 radical (unpaired) electrons. The first-order valence-corrected chi connectivity index (χ1v) is 6.14. The van der Waals surface area contributed by atoms with Crippen LogP contribution in [0.25, 0.3) is 0 Å². The third kappa shape index (κ3) is 3.95. The number of thiocarbonyl (C=S) groups is 1. The Morgan fingerprint density at radius 3 is 2.67 bits per heavy atom. The maximum absolute atomic E-state index is 5.40. The second-order valence-corrected chi connectivity index (χ2v) is 5.27. The van der Waals surface area contributed by atoms with Crippen LogP contribution in [0.1, 0.15) is 20.8 Å². The van der Waals surface area contributed by atoms with Crippen molar-refractivity contribution < 1.29 is 0 Å². The molecule has 1 heterocycles. The van der Waals surface area contributed by atoms with E-state index in [2.05, 4.69) is 42.9 Å². The van der Waals surface area contributed by atoms with Crippen LogP contribution in [0.2, 0.25) is 0 Å². The number of hydrogen-bond acceptors (Lipinski definition) is 2. The first kappa shape index (κ1) is 12.7. The van der Waals surface area contributed by atoms with Crippen molar-refractivity contribution in [2.75, 3.05) is 33.2 Å². The van der Waals surface area contributed by atoms with E-state index < -0.39 is 0 Å². The summed E-state index contributed by atoms with van der Waals surface area (Å²) in [6.45, 7) is 10.8. The van der Waals surface area contributed by atoms with Gasteiger partial charge >= 0.3 is 0 Å². The predicted molar refractivity (Wildman–Crippen MR) is 69.1 cm³/mol. The van der Waals surface area contributed by atoms with Crippen LogP contribution in [0.5, 0.6) is 0 Å².